The minimum atomic E-state index is -0.444. The zero-order valence-electron chi connectivity index (χ0n) is 9.49. The summed E-state index contributed by atoms with van der Waals surface area (Å²) in [5, 5.41) is 10.9. The zero-order chi connectivity index (χ0) is 11.9. The molecule has 2 aliphatic heterocycles. The van der Waals surface area contributed by atoms with Crippen LogP contribution in [0.5, 0.6) is 5.75 Å². The average molecular weight is 271 g/mol. The average Bonchev–Trinajstić information content (AvgIpc) is 2.31. The molecule has 0 radical (unpaired) electrons. The van der Waals surface area contributed by atoms with Crippen LogP contribution in [0.15, 0.2) is 18.2 Å². The SMILES string of the molecule is OC1CC2(CCSCC2)Oc2ccc(Cl)cc21. The van der Waals surface area contributed by atoms with Crippen LogP contribution in [0.3, 0.4) is 0 Å². The third-order valence-electron chi connectivity index (χ3n) is 3.63. The summed E-state index contributed by atoms with van der Waals surface area (Å²) >= 11 is 7.91. The molecule has 0 aromatic heterocycles. The van der Waals surface area contributed by atoms with Gasteiger partial charge in [0, 0.05) is 17.0 Å². The summed E-state index contributed by atoms with van der Waals surface area (Å²) in [6.07, 6.45) is 2.30. The van der Waals surface area contributed by atoms with Crippen molar-refractivity contribution in [2.75, 3.05) is 11.5 Å². The van der Waals surface area contributed by atoms with Gasteiger partial charge in [-0.3, -0.25) is 0 Å². The van der Waals surface area contributed by atoms with Crippen molar-refractivity contribution < 1.29 is 9.84 Å². The molecule has 2 nitrogen and oxygen atoms in total. The van der Waals surface area contributed by atoms with E-state index in [9.17, 15) is 5.11 Å². The third-order valence-corrected chi connectivity index (χ3v) is 4.85. The normalized spacial score (nSPS) is 26.4. The molecule has 2 heterocycles. The van der Waals surface area contributed by atoms with Crippen LogP contribution >= 0.6 is 23.4 Å². The van der Waals surface area contributed by atoms with Gasteiger partial charge in [0.05, 0.1) is 6.10 Å². The summed E-state index contributed by atoms with van der Waals surface area (Å²) in [6, 6.07) is 5.51. The van der Waals surface area contributed by atoms with E-state index in [0.29, 0.717) is 11.4 Å². The highest BCUT2D eigenvalue weighted by molar-refractivity contribution is 7.99. The van der Waals surface area contributed by atoms with Crippen molar-refractivity contribution in [2.24, 2.45) is 0 Å². The minimum Gasteiger partial charge on any atom is -0.487 e. The number of hydrogen-bond donors (Lipinski definition) is 1. The fourth-order valence-electron chi connectivity index (χ4n) is 2.66. The van der Waals surface area contributed by atoms with Crippen LogP contribution in [0.4, 0.5) is 0 Å². The molecule has 0 aliphatic carbocycles. The van der Waals surface area contributed by atoms with Crippen molar-refractivity contribution in [3.63, 3.8) is 0 Å². The minimum absolute atomic E-state index is 0.147. The fraction of sp³-hybridized carbons (Fsp3) is 0.538. The van der Waals surface area contributed by atoms with E-state index in [2.05, 4.69) is 0 Å². The van der Waals surface area contributed by atoms with Gasteiger partial charge in [0.15, 0.2) is 0 Å². The van der Waals surface area contributed by atoms with Gasteiger partial charge in [0.1, 0.15) is 11.4 Å². The number of fused-ring (bicyclic) bond motifs is 1. The Morgan fingerprint density at radius 1 is 1.35 bits per heavy atom. The predicted octanol–water partition coefficient (Wildman–Crippen LogP) is 3.42. The molecule has 92 valence electrons. The molecule has 3 rings (SSSR count). The maximum absolute atomic E-state index is 10.3. The first-order valence-electron chi connectivity index (χ1n) is 5.93. The Morgan fingerprint density at radius 3 is 2.88 bits per heavy atom. The number of halogens is 1. The smallest absolute Gasteiger partial charge is 0.126 e. The van der Waals surface area contributed by atoms with Gasteiger partial charge in [-0.25, -0.2) is 0 Å². The second-order valence-corrected chi connectivity index (χ2v) is 6.46. The number of hydrogen-bond acceptors (Lipinski definition) is 3. The van der Waals surface area contributed by atoms with E-state index in [1.54, 1.807) is 0 Å². The van der Waals surface area contributed by atoms with Gasteiger partial charge in [0.25, 0.3) is 0 Å². The van der Waals surface area contributed by atoms with Crippen LogP contribution < -0.4 is 4.74 Å². The molecule has 1 saturated heterocycles. The van der Waals surface area contributed by atoms with E-state index >= 15 is 0 Å². The van der Waals surface area contributed by atoms with Gasteiger partial charge in [-0.05, 0) is 42.5 Å². The molecule has 1 aromatic carbocycles. The Morgan fingerprint density at radius 2 is 2.12 bits per heavy atom. The maximum atomic E-state index is 10.3. The van der Waals surface area contributed by atoms with E-state index in [0.717, 1.165) is 35.7 Å². The van der Waals surface area contributed by atoms with E-state index in [1.165, 1.54) is 0 Å². The summed E-state index contributed by atoms with van der Waals surface area (Å²) in [5.74, 6) is 3.05. The summed E-state index contributed by atoms with van der Waals surface area (Å²) in [7, 11) is 0. The van der Waals surface area contributed by atoms with Crippen molar-refractivity contribution >= 4 is 23.4 Å². The Kier molecular flexibility index (Phi) is 3.01. The van der Waals surface area contributed by atoms with E-state index in [1.807, 2.05) is 30.0 Å². The van der Waals surface area contributed by atoms with Crippen LogP contribution in [0.2, 0.25) is 5.02 Å². The van der Waals surface area contributed by atoms with Crippen LogP contribution in [-0.4, -0.2) is 22.2 Å². The fourth-order valence-corrected chi connectivity index (χ4v) is 4.08. The van der Waals surface area contributed by atoms with Crippen LogP contribution in [-0.2, 0) is 0 Å². The molecule has 4 heteroatoms. The summed E-state index contributed by atoms with van der Waals surface area (Å²) in [5.41, 5.74) is 0.687. The number of rotatable bonds is 0. The first-order valence-corrected chi connectivity index (χ1v) is 7.46. The van der Waals surface area contributed by atoms with Crippen molar-refractivity contribution in [3.8, 4) is 5.75 Å². The van der Waals surface area contributed by atoms with Gasteiger partial charge in [-0.15, -0.1) is 0 Å². The molecule has 1 aromatic rings. The van der Waals surface area contributed by atoms with Crippen molar-refractivity contribution in [1.29, 1.82) is 0 Å². The van der Waals surface area contributed by atoms with Crippen molar-refractivity contribution in [2.45, 2.75) is 31.0 Å². The van der Waals surface area contributed by atoms with Crippen LogP contribution in [0.1, 0.15) is 30.9 Å². The number of thioether (sulfide) groups is 1. The second-order valence-electron chi connectivity index (χ2n) is 4.80. The quantitative estimate of drug-likeness (QED) is 0.783. The zero-order valence-corrected chi connectivity index (χ0v) is 11.1. The third kappa shape index (κ3) is 2.16. The molecule has 0 bridgehead atoms. The van der Waals surface area contributed by atoms with E-state index in [-0.39, 0.29) is 5.60 Å². The molecule has 2 aliphatic rings. The number of aliphatic hydroxyl groups is 1. The molecule has 1 N–H and O–H groups in total. The first-order chi connectivity index (χ1) is 8.19. The Labute approximate surface area is 110 Å². The van der Waals surface area contributed by atoms with Gasteiger partial charge < -0.3 is 9.84 Å². The predicted molar refractivity (Wildman–Crippen MR) is 70.9 cm³/mol. The highest BCUT2D eigenvalue weighted by Crippen LogP contribution is 2.45. The molecule has 0 saturated carbocycles. The van der Waals surface area contributed by atoms with Gasteiger partial charge >= 0.3 is 0 Å². The Bertz CT molecular complexity index is 429. The number of aliphatic hydroxyl groups excluding tert-OH is 1. The largest absolute Gasteiger partial charge is 0.487 e. The topological polar surface area (TPSA) is 29.5 Å². The van der Waals surface area contributed by atoms with Gasteiger partial charge in [0.2, 0.25) is 0 Å². The standard InChI is InChI=1S/C13H15ClO2S/c14-9-1-2-12-10(7-9)11(15)8-13(16-12)3-5-17-6-4-13/h1-2,7,11,15H,3-6,8H2. The molecule has 1 unspecified atom stereocenters. The number of ether oxygens (including phenoxy) is 1. The van der Waals surface area contributed by atoms with Crippen LogP contribution in [0.25, 0.3) is 0 Å². The summed E-state index contributed by atoms with van der Waals surface area (Å²) < 4.78 is 6.15. The van der Waals surface area contributed by atoms with Gasteiger partial charge in [-0.2, -0.15) is 11.8 Å². The highest BCUT2D eigenvalue weighted by Gasteiger charge is 2.41. The first kappa shape index (κ1) is 11.7. The molecule has 17 heavy (non-hydrogen) atoms. The van der Waals surface area contributed by atoms with E-state index < -0.39 is 6.10 Å². The molecule has 1 atom stereocenters. The Hall–Kier alpha value is -0.380. The van der Waals surface area contributed by atoms with Gasteiger partial charge in [-0.1, -0.05) is 11.6 Å². The van der Waals surface area contributed by atoms with Crippen LogP contribution in [0, 0.1) is 0 Å². The lowest BCUT2D eigenvalue weighted by molar-refractivity contribution is -0.0197. The van der Waals surface area contributed by atoms with Crippen molar-refractivity contribution in [1.82, 2.24) is 0 Å². The molecule has 1 fully saturated rings. The maximum Gasteiger partial charge on any atom is 0.126 e. The lowest BCUT2D eigenvalue weighted by atomic mass is 9.84. The summed E-state index contributed by atoms with van der Waals surface area (Å²) in [6.45, 7) is 0. The molecular formula is C13H15ClO2S. The Balaban J connectivity index is 1.94. The lowest BCUT2D eigenvalue weighted by Gasteiger charge is -2.43. The highest BCUT2D eigenvalue weighted by atomic mass is 35.5. The molecular weight excluding hydrogens is 256 g/mol. The number of benzene rings is 1. The second kappa shape index (κ2) is 4.38. The molecule has 0 amide bonds. The lowest BCUT2D eigenvalue weighted by Crippen LogP contribution is -2.44. The monoisotopic (exact) mass is 270 g/mol. The van der Waals surface area contributed by atoms with E-state index in [4.69, 9.17) is 16.3 Å². The van der Waals surface area contributed by atoms with Crippen molar-refractivity contribution in [3.05, 3.63) is 28.8 Å². The molecule has 1 spiro atoms. The summed E-state index contributed by atoms with van der Waals surface area (Å²) in [4.78, 5) is 0.